The van der Waals surface area contributed by atoms with Crippen LogP contribution in [0.4, 0.5) is 5.69 Å². The second-order valence-electron chi connectivity index (χ2n) is 3.47. The normalized spacial score (nSPS) is 20.5. The van der Waals surface area contributed by atoms with Crippen LogP contribution in [0.5, 0.6) is 11.5 Å². The number of rotatable bonds is 0. The van der Waals surface area contributed by atoms with Gasteiger partial charge in [-0.3, -0.25) is 4.79 Å². The highest BCUT2D eigenvalue weighted by Gasteiger charge is 2.26. The topological polar surface area (TPSA) is 75.8 Å². The summed E-state index contributed by atoms with van der Waals surface area (Å²) in [7, 11) is 1.63. The zero-order valence-electron chi connectivity index (χ0n) is 8.30. The third-order valence-corrected chi connectivity index (χ3v) is 2.37. The maximum atomic E-state index is 11.7. The van der Waals surface area contributed by atoms with Gasteiger partial charge in [0.25, 0.3) is 0 Å². The molecule has 5 nitrogen and oxygen atoms in total. The number of carbonyl (C=O) groups is 1. The summed E-state index contributed by atoms with van der Waals surface area (Å²) < 4.78 is 5.33. The molecule has 0 radical (unpaired) electrons. The van der Waals surface area contributed by atoms with Crippen molar-refractivity contribution in [2.45, 2.75) is 6.04 Å². The first kappa shape index (κ1) is 9.79. The van der Waals surface area contributed by atoms with E-state index in [4.69, 9.17) is 10.5 Å². The number of amides is 1. The van der Waals surface area contributed by atoms with E-state index < -0.39 is 6.04 Å². The first-order chi connectivity index (χ1) is 7.09. The lowest BCUT2D eigenvalue weighted by molar-refractivity contribution is -0.119. The second-order valence-corrected chi connectivity index (χ2v) is 3.47. The molecule has 0 bridgehead atoms. The average Bonchev–Trinajstić information content (AvgIpc) is 2.32. The number of fused-ring (bicyclic) bond motifs is 1. The molecule has 80 valence electrons. The van der Waals surface area contributed by atoms with Crippen molar-refractivity contribution >= 4 is 11.6 Å². The molecule has 0 unspecified atom stereocenters. The molecule has 0 spiro atoms. The maximum Gasteiger partial charge on any atom is 0.247 e. The van der Waals surface area contributed by atoms with Crippen LogP contribution in [0.25, 0.3) is 0 Å². The summed E-state index contributed by atoms with van der Waals surface area (Å²) in [6.45, 7) is 0.125. The number of anilines is 1. The van der Waals surface area contributed by atoms with Gasteiger partial charge in [-0.15, -0.1) is 0 Å². The fourth-order valence-electron chi connectivity index (χ4n) is 1.51. The van der Waals surface area contributed by atoms with Crippen molar-refractivity contribution in [3.63, 3.8) is 0 Å². The molecule has 1 aromatic carbocycles. The minimum Gasteiger partial charge on any atom is -0.508 e. The van der Waals surface area contributed by atoms with E-state index in [-0.39, 0.29) is 18.3 Å². The van der Waals surface area contributed by atoms with Crippen LogP contribution < -0.4 is 15.4 Å². The molecule has 0 saturated carbocycles. The van der Waals surface area contributed by atoms with Crippen molar-refractivity contribution in [3.05, 3.63) is 18.2 Å². The molecule has 1 heterocycles. The van der Waals surface area contributed by atoms with E-state index in [1.54, 1.807) is 13.1 Å². The minimum absolute atomic E-state index is 0.102. The Balaban J connectivity index is 2.47. The Kier molecular flexibility index (Phi) is 2.24. The van der Waals surface area contributed by atoms with E-state index >= 15 is 0 Å². The number of benzene rings is 1. The van der Waals surface area contributed by atoms with Crippen LogP contribution in [0.2, 0.25) is 0 Å². The van der Waals surface area contributed by atoms with Gasteiger partial charge < -0.3 is 20.5 Å². The molecule has 5 heteroatoms. The van der Waals surface area contributed by atoms with Gasteiger partial charge in [0.1, 0.15) is 24.1 Å². The molecular weight excluding hydrogens is 196 g/mol. The highest BCUT2D eigenvalue weighted by molar-refractivity contribution is 5.98. The standard InChI is InChI=1S/C10H12N2O3/c1-12-8-3-2-6(13)4-9(8)15-5-7(11)10(12)14/h2-4,7,13H,5,11H2,1H3/t7-/m0/s1. The number of hydrogen-bond acceptors (Lipinski definition) is 4. The van der Waals surface area contributed by atoms with E-state index in [9.17, 15) is 9.90 Å². The zero-order chi connectivity index (χ0) is 11.0. The molecule has 1 aliphatic rings. The van der Waals surface area contributed by atoms with Crippen molar-refractivity contribution in [3.8, 4) is 11.5 Å². The van der Waals surface area contributed by atoms with Gasteiger partial charge in [-0.1, -0.05) is 0 Å². The van der Waals surface area contributed by atoms with E-state index in [1.165, 1.54) is 17.0 Å². The predicted octanol–water partition coefficient (Wildman–Crippen LogP) is 0.0747. The SMILES string of the molecule is CN1C(=O)[C@@H](N)COc2cc(O)ccc21. The lowest BCUT2D eigenvalue weighted by atomic mass is 10.2. The van der Waals surface area contributed by atoms with E-state index in [2.05, 4.69) is 0 Å². The molecule has 15 heavy (non-hydrogen) atoms. The Morgan fingerprint density at radius 2 is 2.33 bits per heavy atom. The number of carbonyl (C=O) groups excluding carboxylic acids is 1. The summed E-state index contributed by atoms with van der Waals surface area (Å²) >= 11 is 0. The molecule has 0 aromatic heterocycles. The summed E-state index contributed by atoms with van der Waals surface area (Å²) in [6.07, 6.45) is 0. The van der Waals surface area contributed by atoms with Crippen LogP contribution >= 0.6 is 0 Å². The molecule has 1 aliphatic heterocycles. The monoisotopic (exact) mass is 208 g/mol. The Morgan fingerprint density at radius 3 is 3.07 bits per heavy atom. The van der Waals surface area contributed by atoms with Crippen LogP contribution in [-0.4, -0.2) is 30.7 Å². The largest absolute Gasteiger partial charge is 0.508 e. The molecular formula is C10H12N2O3. The fourth-order valence-corrected chi connectivity index (χ4v) is 1.51. The third kappa shape index (κ3) is 1.61. The molecule has 1 atom stereocenters. The van der Waals surface area contributed by atoms with Gasteiger partial charge in [-0.2, -0.15) is 0 Å². The van der Waals surface area contributed by atoms with Crippen molar-refractivity contribution in [1.82, 2.24) is 0 Å². The second kappa shape index (κ2) is 3.43. The van der Waals surface area contributed by atoms with Gasteiger partial charge in [0.2, 0.25) is 5.91 Å². The Labute approximate surface area is 87.1 Å². The van der Waals surface area contributed by atoms with Gasteiger partial charge in [0.15, 0.2) is 0 Å². The number of ether oxygens (including phenoxy) is 1. The lowest BCUT2D eigenvalue weighted by Gasteiger charge is -2.17. The zero-order valence-corrected chi connectivity index (χ0v) is 8.30. The highest BCUT2D eigenvalue weighted by Crippen LogP contribution is 2.33. The molecule has 0 aliphatic carbocycles. The Bertz CT molecular complexity index is 406. The number of phenolic OH excluding ortho intramolecular Hbond substituents is 1. The number of phenols is 1. The summed E-state index contributed by atoms with van der Waals surface area (Å²) in [6, 6.07) is 3.94. The Morgan fingerprint density at radius 1 is 1.60 bits per heavy atom. The lowest BCUT2D eigenvalue weighted by Crippen LogP contribution is -2.43. The van der Waals surface area contributed by atoms with E-state index in [1.807, 2.05) is 0 Å². The number of nitrogens with zero attached hydrogens (tertiary/aromatic N) is 1. The van der Waals surface area contributed by atoms with E-state index in [0.29, 0.717) is 11.4 Å². The first-order valence-corrected chi connectivity index (χ1v) is 4.58. The number of aromatic hydroxyl groups is 1. The smallest absolute Gasteiger partial charge is 0.247 e. The first-order valence-electron chi connectivity index (χ1n) is 4.58. The van der Waals surface area contributed by atoms with Crippen molar-refractivity contribution < 1.29 is 14.6 Å². The van der Waals surface area contributed by atoms with Crippen molar-refractivity contribution in [1.29, 1.82) is 0 Å². The van der Waals surface area contributed by atoms with Crippen LogP contribution in [-0.2, 0) is 4.79 Å². The summed E-state index contributed by atoms with van der Waals surface area (Å²) in [5.41, 5.74) is 6.22. The fraction of sp³-hybridized carbons (Fsp3) is 0.300. The van der Waals surface area contributed by atoms with Gasteiger partial charge >= 0.3 is 0 Å². The predicted molar refractivity (Wildman–Crippen MR) is 55.0 cm³/mol. The van der Waals surface area contributed by atoms with E-state index in [0.717, 1.165) is 0 Å². The van der Waals surface area contributed by atoms with Crippen LogP contribution in [0.1, 0.15) is 0 Å². The van der Waals surface area contributed by atoms with Gasteiger partial charge in [0, 0.05) is 13.1 Å². The average molecular weight is 208 g/mol. The summed E-state index contributed by atoms with van der Waals surface area (Å²) in [5.74, 6) is 0.378. The molecule has 0 saturated heterocycles. The third-order valence-electron chi connectivity index (χ3n) is 2.37. The highest BCUT2D eigenvalue weighted by atomic mass is 16.5. The van der Waals surface area contributed by atoms with Crippen molar-refractivity contribution in [2.75, 3.05) is 18.6 Å². The summed E-state index contributed by atoms with van der Waals surface area (Å²) in [4.78, 5) is 13.1. The van der Waals surface area contributed by atoms with Crippen molar-refractivity contribution in [2.24, 2.45) is 5.73 Å². The van der Waals surface area contributed by atoms with Crippen LogP contribution in [0.15, 0.2) is 18.2 Å². The van der Waals surface area contributed by atoms with Gasteiger partial charge in [-0.05, 0) is 12.1 Å². The maximum absolute atomic E-state index is 11.7. The number of hydrogen-bond donors (Lipinski definition) is 2. The molecule has 1 aromatic rings. The molecule has 3 N–H and O–H groups in total. The van der Waals surface area contributed by atoms with Crippen LogP contribution in [0.3, 0.4) is 0 Å². The number of nitrogens with two attached hydrogens (primary N) is 1. The minimum atomic E-state index is -0.662. The molecule has 0 fully saturated rings. The van der Waals surface area contributed by atoms with Gasteiger partial charge in [-0.25, -0.2) is 0 Å². The van der Waals surface area contributed by atoms with Gasteiger partial charge in [0.05, 0.1) is 5.69 Å². The Hall–Kier alpha value is -1.75. The summed E-state index contributed by atoms with van der Waals surface area (Å²) in [5, 5.41) is 9.28. The number of likely N-dealkylation sites (N-methyl/N-ethyl adjacent to an activating group) is 1. The quantitative estimate of drug-likeness (QED) is 0.632. The molecule has 1 amide bonds. The molecule has 2 rings (SSSR count). The van der Waals surface area contributed by atoms with Crippen LogP contribution in [0, 0.1) is 0 Å².